The third kappa shape index (κ3) is 1.72. The van der Waals surface area contributed by atoms with E-state index < -0.39 is 0 Å². The van der Waals surface area contributed by atoms with E-state index in [9.17, 15) is 9.90 Å². The molecule has 0 saturated carbocycles. The summed E-state index contributed by atoms with van der Waals surface area (Å²) in [5, 5.41) is 21.1. The fourth-order valence-electron chi connectivity index (χ4n) is 1.56. The highest BCUT2D eigenvalue weighted by Crippen LogP contribution is 2.17. The van der Waals surface area contributed by atoms with Crippen LogP contribution in [0.4, 0.5) is 0 Å². The number of aliphatic hydroxyl groups is 1. The van der Waals surface area contributed by atoms with Gasteiger partial charge in [0, 0.05) is 13.0 Å². The van der Waals surface area contributed by atoms with Crippen molar-refractivity contribution in [3.63, 3.8) is 0 Å². The molecule has 1 aromatic heterocycles. The van der Waals surface area contributed by atoms with Crippen LogP contribution < -0.4 is 5.56 Å². The van der Waals surface area contributed by atoms with Gasteiger partial charge in [-0.1, -0.05) is 18.2 Å². The molecule has 1 aromatic carbocycles. The first kappa shape index (κ1) is 10.5. The van der Waals surface area contributed by atoms with Gasteiger partial charge in [0.05, 0.1) is 11.3 Å². The maximum Gasteiger partial charge on any atom is 0.271 e. The van der Waals surface area contributed by atoms with Crippen LogP contribution in [0.5, 0.6) is 5.88 Å². The topological polar surface area (TPSA) is 78.2 Å². The molecule has 16 heavy (non-hydrogen) atoms. The lowest BCUT2D eigenvalue weighted by Crippen LogP contribution is -2.08. The number of hydrogen-bond donors (Lipinski definition) is 3. The van der Waals surface area contributed by atoms with Crippen molar-refractivity contribution in [2.45, 2.75) is 6.42 Å². The predicted molar refractivity (Wildman–Crippen MR) is 58.8 cm³/mol. The molecule has 0 atom stereocenters. The van der Waals surface area contributed by atoms with E-state index in [0.717, 1.165) is 0 Å². The second-order valence-corrected chi connectivity index (χ2v) is 3.39. The summed E-state index contributed by atoms with van der Waals surface area (Å²) in [5.41, 5.74) is 0.489. The molecule has 0 amide bonds. The summed E-state index contributed by atoms with van der Waals surface area (Å²) in [6.45, 7) is -0.171. The normalized spacial score (nSPS) is 10.6. The zero-order valence-corrected chi connectivity index (χ0v) is 8.55. The van der Waals surface area contributed by atoms with Gasteiger partial charge in [0.1, 0.15) is 0 Å². The minimum absolute atomic E-state index is 0.140. The highest BCUT2D eigenvalue weighted by molar-refractivity contribution is 5.37. The highest BCUT2D eigenvalue weighted by atomic mass is 16.3. The van der Waals surface area contributed by atoms with Crippen molar-refractivity contribution in [2.75, 3.05) is 6.61 Å². The summed E-state index contributed by atoms with van der Waals surface area (Å²) in [6.07, 6.45) is 0.140. The quantitative estimate of drug-likeness (QED) is 0.700. The Labute approximate surface area is 91.6 Å². The Bertz CT molecular complexity index is 528. The Morgan fingerprint density at radius 2 is 1.94 bits per heavy atom. The molecular formula is C11H12N2O3. The molecule has 3 N–H and O–H groups in total. The Kier molecular flexibility index (Phi) is 2.78. The van der Waals surface area contributed by atoms with E-state index >= 15 is 0 Å². The molecular weight excluding hydrogens is 208 g/mol. The van der Waals surface area contributed by atoms with E-state index in [2.05, 4.69) is 5.10 Å². The second-order valence-electron chi connectivity index (χ2n) is 3.39. The largest absolute Gasteiger partial charge is 0.493 e. The van der Waals surface area contributed by atoms with Crippen molar-refractivity contribution in [1.82, 2.24) is 9.78 Å². The number of aromatic amines is 1. The second kappa shape index (κ2) is 4.24. The first-order chi connectivity index (χ1) is 7.74. The molecule has 5 nitrogen and oxygen atoms in total. The van der Waals surface area contributed by atoms with Crippen LogP contribution in [0, 0.1) is 0 Å². The summed E-state index contributed by atoms with van der Waals surface area (Å²) in [5.74, 6) is -0.148. The van der Waals surface area contributed by atoms with Crippen molar-refractivity contribution in [2.24, 2.45) is 0 Å². The van der Waals surface area contributed by atoms with Crippen LogP contribution in [0.25, 0.3) is 5.69 Å². The molecule has 2 rings (SSSR count). The highest BCUT2D eigenvalue weighted by Gasteiger charge is 2.13. The molecule has 84 valence electrons. The molecule has 0 bridgehead atoms. The van der Waals surface area contributed by atoms with Gasteiger partial charge >= 0.3 is 0 Å². The number of nitrogens with one attached hydrogen (secondary N) is 1. The Hall–Kier alpha value is -2.01. The number of para-hydroxylation sites is 1. The van der Waals surface area contributed by atoms with Gasteiger partial charge in [-0.15, -0.1) is 0 Å². The average molecular weight is 220 g/mol. The van der Waals surface area contributed by atoms with Gasteiger partial charge in [-0.2, -0.15) is 0 Å². The van der Waals surface area contributed by atoms with Crippen LogP contribution in [-0.2, 0) is 6.42 Å². The van der Waals surface area contributed by atoms with Crippen molar-refractivity contribution in [3.05, 3.63) is 46.2 Å². The van der Waals surface area contributed by atoms with E-state index in [0.29, 0.717) is 5.69 Å². The van der Waals surface area contributed by atoms with Crippen LogP contribution >= 0.6 is 0 Å². The van der Waals surface area contributed by atoms with E-state index in [4.69, 9.17) is 5.11 Å². The molecule has 0 aliphatic rings. The maximum atomic E-state index is 11.5. The van der Waals surface area contributed by atoms with E-state index in [1.807, 2.05) is 6.07 Å². The molecule has 0 aliphatic heterocycles. The zero-order chi connectivity index (χ0) is 11.5. The lowest BCUT2D eigenvalue weighted by molar-refractivity contribution is 0.296. The summed E-state index contributed by atoms with van der Waals surface area (Å²) in [6, 6.07) is 8.98. The Balaban J connectivity index is 2.52. The predicted octanol–water partition coefficient (Wildman–Crippen LogP) is 0.406. The first-order valence-corrected chi connectivity index (χ1v) is 4.93. The van der Waals surface area contributed by atoms with Gasteiger partial charge in [0.15, 0.2) is 0 Å². The molecule has 0 saturated heterocycles. The van der Waals surface area contributed by atoms with Gasteiger partial charge in [-0.3, -0.25) is 9.89 Å². The molecule has 0 radical (unpaired) electrons. The monoisotopic (exact) mass is 220 g/mol. The van der Waals surface area contributed by atoms with Crippen LogP contribution in [0.1, 0.15) is 5.56 Å². The van der Waals surface area contributed by atoms with Gasteiger partial charge in [-0.25, -0.2) is 4.68 Å². The van der Waals surface area contributed by atoms with Gasteiger partial charge in [-0.05, 0) is 12.1 Å². The Morgan fingerprint density at radius 3 is 2.56 bits per heavy atom. The molecule has 5 heteroatoms. The number of benzene rings is 1. The molecule has 0 spiro atoms. The lowest BCUT2D eigenvalue weighted by atomic mass is 10.2. The number of aromatic nitrogens is 2. The van der Waals surface area contributed by atoms with Gasteiger partial charge < -0.3 is 10.2 Å². The van der Waals surface area contributed by atoms with Crippen molar-refractivity contribution in [3.8, 4) is 11.6 Å². The number of H-pyrrole nitrogens is 1. The summed E-state index contributed by atoms with van der Waals surface area (Å²) < 4.78 is 1.30. The van der Waals surface area contributed by atoms with Crippen LogP contribution in [0.2, 0.25) is 0 Å². The molecule has 0 unspecified atom stereocenters. The standard InChI is InChI=1S/C11H12N2O3/c14-7-6-9-10(15)12-13(11(9)16)8-4-2-1-3-5-8/h1-5,14,16H,6-7H2,(H,12,15). The third-order valence-corrected chi connectivity index (χ3v) is 2.35. The summed E-state index contributed by atoms with van der Waals surface area (Å²) in [7, 11) is 0. The van der Waals surface area contributed by atoms with Crippen LogP contribution in [0.15, 0.2) is 35.1 Å². The lowest BCUT2D eigenvalue weighted by Gasteiger charge is -2.03. The SMILES string of the molecule is O=c1[nH]n(-c2ccccc2)c(O)c1CCO. The number of hydrogen-bond acceptors (Lipinski definition) is 3. The van der Waals surface area contributed by atoms with Crippen molar-refractivity contribution < 1.29 is 10.2 Å². The summed E-state index contributed by atoms with van der Waals surface area (Å²) in [4.78, 5) is 11.5. The number of aliphatic hydroxyl groups excluding tert-OH is 1. The molecule has 0 fully saturated rings. The third-order valence-electron chi connectivity index (χ3n) is 2.35. The number of nitrogens with zero attached hydrogens (tertiary/aromatic N) is 1. The van der Waals surface area contributed by atoms with Gasteiger partial charge in [0.2, 0.25) is 5.88 Å². The maximum absolute atomic E-state index is 11.5. The first-order valence-electron chi connectivity index (χ1n) is 4.93. The minimum atomic E-state index is -0.379. The molecule has 2 aromatic rings. The molecule has 1 heterocycles. The van der Waals surface area contributed by atoms with Gasteiger partial charge in [0.25, 0.3) is 5.56 Å². The van der Waals surface area contributed by atoms with Crippen molar-refractivity contribution >= 4 is 0 Å². The smallest absolute Gasteiger partial charge is 0.271 e. The van der Waals surface area contributed by atoms with Crippen LogP contribution in [0.3, 0.4) is 0 Å². The average Bonchev–Trinajstić information content (AvgIpc) is 2.59. The van der Waals surface area contributed by atoms with E-state index in [1.54, 1.807) is 24.3 Å². The van der Waals surface area contributed by atoms with E-state index in [1.165, 1.54) is 4.68 Å². The Morgan fingerprint density at radius 1 is 1.25 bits per heavy atom. The fourth-order valence-corrected chi connectivity index (χ4v) is 1.56. The number of rotatable bonds is 3. The number of aromatic hydroxyl groups is 1. The summed E-state index contributed by atoms with van der Waals surface area (Å²) >= 11 is 0. The zero-order valence-electron chi connectivity index (χ0n) is 8.55. The van der Waals surface area contributed by atoms with Crippen molar-refractivity contribution in [1.29, 1.82) is 0 Å². The van der Waals surface area contributed by atoms with E-state index in [-0.39, 0.29) is 30.0 Å². The van der Waals surface area contributed by atoms with Crippen LogP contribution in [-0.4, -0.2) is 26.6 Å². The molecule has 0 aliphatic carbocycles. The minimum Gasteiger partial charge on any atom is -0.493 e. The fraction of sp³-hybridized carbons (Fsp3) is 0.182.